The van der Waals surface area contributed by atoms with Crippen LogP contribution in [0, 0.1) is 0 Å². The molecule has 2 aliphatic heterocycles. The number of hydrogen-bond donors (Lipinski definition) is 1. The van der Waals surface area contributed by atoms with Crippen LogP contribution in [0.25, 0.3) is 0 Å². The lowest BCUT2D eigenvalue weighted by atomic mass is 9.77. The van der Waals surface area contributed by atoms with Gasteiger partial charge in [-0.3, -0.25) is 0 Å². The van der Waals surface area contributed by atoms with Gasteiger partial charge in [0.25, 0.3) is 0 Å². The van der Waals surface area contributed by atoms with Gasteiger partial charge in [0, 0.05) is 55.3 Å². The van der Waals surface area contributed by atoms with Crippen LogP contribution in [0.2, 0.25) is 0 Å². The van der Waals surface area contributed by atoms with Gasteiger partial charge in [-0.25, -0.2) is 4.79 Å². The lowest BCUT2D eigenvalue weighted by Crippen LogP contribution is -2.33. The summed E-state index contributed by atoms with van der Waals surface area (Å²) >= 11 is 0. The summed E-state index contributed by atoms with van der Waals surface area (Å²) in [5.74, 6) is 1.06. The van der Waals surface area contributed by atoms with Crippen LogP contribution in [0.5, 0.6) is 11.5 Å². The quantitative estimate of drug-likeness (QED) is 0.677. The average Bonchev–Trinajstić information content (AvgIpc) is 3.01. The highest BCUT2D eigenvalue weighted by Gasteiger charge is 2.53. The fourth-order valence-electron chi connectivity index (χ4n) is 4.09. The summed E-state index contributed by atoms with van der Waals surface area (Å²) < 4.78 is 12.4. The highest BCUT2D eigenvalue weighted by atomic mass is 16.6. The van der Waals surface area contributed by atoms with Crippen molar-refractivity contribution in [3.05, 3.63) is 82.9 Å². The molecule has 0 saturated heterocycles. The molecule has 0 radical (unpaired) electrons. The van der Waals surface area contributed by atoms with E-state index in [9.17, 15) is 4.79 Å². The number of carbonyl (C=O) groups excluding carboxylic acids is 1. The van der Waals surface area contributed by atoms with Crippen LogP contribution in [0.15, 0.2) is 60.7 Å². The minimum absolute atomic E-state index is 0.319. The molecule has 0 saturated carbocycles. The molecule has 0 fully saturated rings. The van der Waals surface area contributed by atoms with Crippen LogP contribution < -0.4 is 15.0 Å². The zero-order valence-electron chi connectivity index (χ0n) is 15.9. The fraction of sp³-hybridized carbons (Fsp3) is 0.174. The maximum absolute atomic E-state index is 12.8. The van der Waals surface area contributed by atoms with E-state index in [-0.39, 0.29) is 5.97 Å². The van der Waals surface area contributed by atoms with Gasteiger partial charge in [0.05, 0.1) is 5.56 Å². The van der Waals surface area contributed by atoms with Gasteiger partial charge >= 0.3 is 5.97 Å². The van der Waals surface area contributed by atoms with Gasteiger partial charge in [0.1, 0.15) is 11.5 Å². The summed E-state index contributed by atoms with van der Waals surface area (Å²) in [6.07, 6.45) is 0. The second-order valence-electron chi connectivity index (χ2n) is 7.25. The van der Waals surface area contributed by atoms with Gasteiger partial charge in [-0.05, 0) is 36.4 Å². The van der Waals surface area contributed by atoms with Crippen molar-refractivity contribution in [3.8, 4) is 11.5 Å². The number of fused-ring (bicyclic) bond motifs is 6. The molecule has 1 spiro atoms. The molecular weight excluding hydrogens is 352 g/mol. The molecule has 3 aromatic rings. The number of hydrogen-bond acceptors (Lipinski definition) is 5. The highest BCUT2D eigenvalue weighted by Crippen LogP contribution is 2.56. The highest BCUT2D eigenvalue weighted by molar-refractivity contribution is 5.97. The van der Waals surface area contributed by atoms with Crippen molar-refractivity contribution in [1.82, 2.24) is 0 Å². The average molecular weight is 372 g/mol. The Morgan fingerprint density at radius 1 is 0.893 bits per heavy atom. The molecule has 140 valence electrons. The number of esters is 1. The van der Waals surface area contributed by atoms with Crippen molar-refractivity contribution >= 4 is 17.3 Å². The van der Waals surface area contributed by atoms with Crippen LogP contribution in [-0.4, -0.2) is 27.1 Å². The zero-order chi connectivity index (χ0) is 19.5. The predicted molar refractivity (Wildman–Crippen MR) is 109 cm³/mol. The molecular formula is C23H20N2O3. The summed E-state index contributed by atoms with van der Waals surface area (Å²) in [5, 5.41) is 3.16. The molecule has 2 aliphatic rings. The molecule has 0 aromatic heterocycles. The number of nitrogens with one attached hydrogen (secondary N) is 1. The van der Waals surface area contributed by atoms with E-state index < -0.39 is 5.60 Å². The van der Waals surface area contributed by atoms with Gasteiger partial charge in [0.2, 0.25) is 0 Å². The van der Waals surface area contributed by atoms with Crippen LogP contribution in [-0.2, 0) is 10.3 Å². The maximum Gasteiger partial charge on any atom is 0.340 e. The third-order valence-corrected chi connectivity index (χ3v) is 5.50. The van der Waals surface area contributed by atoms with E-state index in [0.29, 0.717) is 17.1 Å². The largest absolute Gasteiger partial charge is 0.456 e. The van der Waals surface area contributed by atoms with Gasteiger partial charge in [0.15, 0.2) is 5.60 Å². The number of benzene rings is 3. The Labute approximate surface area is 163 Å². The zero-order valence-corrected chi connectivity index (χ0v) is 15.9. The van der Waals surface area contributed by atoms with E-state index in [1.165, 1.54) is 0 Å². The Kier molecular flexibility index (Phi) is 3.43. The van der Waals surface area contributed by atoms with Gasteiger partial charge in [-0.2, -0.15) is 0 Å². The Morgan fingerprint density at radius 2 is 1.71 bits per heavy atom. The summed E-state index contributed by atoms with van der Waals surface area (Å²) in [4.78, 5) is 14.8. The van der Waals surface area contributed by atoms with Crippen molar-refractivity contribution in [3.63, 3.8) is 0 Å². The van der Waals surface area contributed by atoms with Crippen molar-refractivity contribution in [2.45, 2.75) is 5.60 Å². The first-order chi connectivity index (χ1) is 13.5. The second-order valence-corrected chi connectivity index (χ2v) is 7.25. The van der Waals surface area contributed by atoms with E-state index in [4.69, 9.17) is 9.47 Å². The van der Waals surface area contributed by atoms with Gasteiger partial charge in [-0.15, -0.1) is 0 Å². The lowest BCUT2D eigenvalue weighted by Gasteiger charge is -2.37. The number of ether oxygens (including phenoxy) is 2. The summed E-state index contributed by atoms with van der Waals surface area (Å²) in [6.45, 7) is 0. The topological polar surface area (TPSA) is 50.8 Å². The van der Waals surface area contributed by atoms with Crippen LogP contribution in [0.4, 0.5) is 11.4 Å². The first-order valence-electron chi connectivity index (χ1n) is 9.19. The predicted octanol–water partition coefficient (Wildman–Crippen LogP) is 4.36. The van der Waals surface area contributed by atoms with Crippen molar-refractivity contribution in [1.29, 1.82) is 0 Å². The van der Waals surface area contributed by atoms with E-state index in [0.717, 1.165) is 28.1 Å². The van der Waals surface area contributed by atoms with Crippen LogP contribution >= 0.6 is 0 Å². The number of nitrogens with zero attached hydrogens (tertiary/aromatic N) is 1. The number of rotatable bonds is 2. The summed E-state index contributed by atoms with van der Waals surface area (Å²) in [6, 6.07) is 19.4. The van der Waals surface area contributed by atoms with E-state index in [2.05, 4.69) is 5.32 Å². The molecule has 2 heterocycles. The fourth-order valence-corrected chi connectivity index (χ4v) is 4.09. The van der Waals surface area contributed by atoms with Crippen molar-refractivity contribution in [2.75, 3.05) is 31.4 Å². The lowest BCUT2D eigenvalue weighted by molar-refractivity contribution is 0.0224. The number of anilines is 2. The van der Waals surface area contributed by atoms with Crippen molar-refractivity contribution in [2.24, 2.45) is 0 Å². The molecule has 28 heavy (non-hydrogen) atoms. The minimum atomic E-state index is -1.02. The minimum Gasteiger partial charge on any atom is -0.456 e. The van der Waals surface area contributed by atoms with E-state index >= 15 is 0 Å². The molecule has 5 heteroatoms. The molecule has 5 rings (SSSR count). The Balaban J connectivity index is 1.86. The van der Waals surface area contributed by atoms with Crippen LogP contribution in [0.3, 0.4) is 0 Å². The van der Waals surface area contributed by atoms with Gasteiger partial charge < -0.3 is 19.7 Å². The summed E-state index contributed by atoms with van der Waals surface area (Å²) in [5.41, 5.74) is 4.01. The second kappa shape index (κ2) is 5.76. The van der Waals surface area contributed by atoms with E-state index in [1.807, 2.05) is 86.7 Å². The number of carbonyl (C=O) groups is 1. The first kappa shape index (κ1) is 16.7. The molecule has 5 nitrogen and oxygen atoms in total. The Morgan fingerprint density at radius 3 is 2.50 bits per heavy atom. The van der Waals surface area contributed by atoms with Crippen LogP contribution in [0.1, 0.15) is 27.0 Å². The summed E-state index contributed by atoms with van der Waals surface area (Å²) in [7, 11) is 5.83. The standard InChI is InChI=1S/C23H20N2O3/c1-24-14-8-11-20-19(12-14)23(17-7-5-4-6-16(17)22(26)28-23)18-10-9-15(25(2)3)13-21(18)27-20/h4-13,24H,1-3H3. The third kappa shape index (κ3) is 2.10. The van der Waals surface area contributed by atoms with E-state index in [1.54, 1.807) is 0 Å². The SMILES string of the molecule is CNc1ccc2c(c1)C1(OC(=O)c3ccccc31)c1ccc(N(C)C)cc1O2. The molecule has 3 aromatic carbocycles. The smallest absolute Gasteiger partial charge is 0.340 e. The Hall–Kier alpha value is -3.47. The monoisotopic (exact) mass is 372 g/mol. The molecule has 1 N–H and O–H groups in total. The first-order valence-corrected chi connectivity index (χ1v) is 9.19. The third-order valence-electron chi connectivity index (χ3n) is 5.50. The Bertz CT molecular complexity index is 1120. The molecule has 0 aliphatic carbocycles. The van der Waals surface area contributed by atoms with Crippen molar-refractivity contribution < 1.29 is 14.3 Å². The molecule has 1 unspecified atom stereocenters. The van der Waals surface area contributed by atoms with Gasteiger partial charge in [-0.1, -0.05) is 18.2 Å². The maximum atomic E-state index is 12.8. The molecule has 1 atom stereocenters. The normalized spacial score (nSPS) is 18.6. The molecule has 0 amide bonds. The molecule has 0 bridgehead atoms.